The van der Waals surface area contributed by atoms with Crippen LogP contribution in [-0.2, 0) is 6.54 Å². The monoisotopic (exact) mass is 297 g/mol. The lowest BCUT2D eigenvalue weighted by Crippen LogP contribution is -2.34. The quantitative estimate of drug-likeness (QED) is 0.737. The summed E-state index contributed by atoms with van der Waals surface area (Å²) in [4.78, 5) is 0. The predicted molar refractivity (Wildman–Crippen MR) is 77.6 cm³/mol. The molecule has 0 radical (unpaired) electrons. The Balaban J connectivity index is 1.47. The molecule has 1 aromatic heterocycles. The summed E-state index contributed by atoms with van der Waals surface area (Å²) < 4.78 is 1.84. The summed E-state index contributed by atoms with van der Waals surface area (Å²) in [5.74, 6) is 0.698. The average molecular weight is 297 g/mol. The summed E-state index contributed by atoms with van der Waals surface area (Å²) in [6.45, 7) is 1.71. The lowest BCUT2D eigenvalue weighted by molar-refractivity contribution is 0.0272. The zero-order chi connectivity index (χ0) is 13.8. The van der Waals surface area contributed by atoms with Crippen molar-refractivity contribution in [2.75, 3.05) is 12.3 Å². The van der Waals surface area contributed by atoms with Crippen LogP contribution in [0.25, 0.3) is 0 Å². The molecular weight excluding hydrogens is 274 g/mol. The normalized spacial score (nSPS) is 22.1. The first-order valence-electron chi connectivity index (χ1n) is 7.60. The third-order valence-electron chi connectivity index (χ3n) is 4.09. The highest BCUT2D eigenvalue weighted by atomic mass is 32.2. The van der Waals surface area contributed by atoms with Gasteiger partial charge in [-0.15, -0.1) is 5.10 Å². The Morgan fingerprint density at radius 1 is 1.30 bits per heavy atom. The first-order chi connectivity index (χ1) is 9.75. The molecule has 0 aliphatic heterocycles. The van der Waals surface area contributed by atoms with Crippen LogP contribution in [0.4, 0.5) is 0 Å². The van der Waals surface area contributed by atoms with E-state index in [2.05, 4.69) is 20.8 Å². The van der Waals surface area contributed by atoms with Crippen LogP contribution < -0.4 is 5.32 Å². The van der Waals surface area contributed by atoms with Gasteiger partial charge in [0, 0.05) is 18.3 Å². The predicted octanol–water partition coefficient (Wildman–Crippen LogP) is 1.21. The van der Waals surface area contributed by atoms with Crippen molar-refractivity contribution >= 4 is 11.8 Å². The molecule has 1 heterocycles. The highest BCUT2D eigenvalue weighted by Gasteiger charge is 2.30. The van der Waals surface area contributed by atoms with Crippen LogP contribution in [0.3, 0.4) is 0 Å². The van der Waals surface area contributed by atoms with Crippen LogP contribution in [0.2, 0.25) is 0 Å². The number of hydrogen-bond acceptors (Lipinski definition) is 6. The summed E-state index contributed by atoms with van der Waals surface area (Å²) in [6, 6.07) is 0.713. The Morgan fingerprint density at radius 3 is 2.85 bits per heavy atom. The molecule has 0 amide bonds. The van der Waals surface area contributed by atoms with Crippen molar-refractivity contribution in [2.24, 2.45) is 0 Å². The van der Waals surface area contributed by atoms with Gasteiger partial charge in [-0.3, -0.25) is 0 Å². The first-order valence-corrected chi connectivity index (χ1v) is 8.58. The van der Waals surface area contributed by atoms with Crippen molar-refractivity contribution in [1.29, 1.82) is 0 Å². The molecule has 2 N–H and O–H groups in total. The van der Waals surface area contributed by atoms with Crippen LogP contribution in [0.15, 0.2) is 5.16 Å². The van der Waals surface area contributed by atoms with E-state index < -0.39 is 5.60 Å². The van der Waals surface area contributed by atoms with Crippen LogP contribution in [-0.4, -0.2) is 49.3 Å². The largest absolute Gasteiger partial charge is 0.389 e. The van der Waals surface area contributed by atoms with Gasteiger partial charge in [0.2, 0.25) is 5.16 Å². The smallest absolute Gasteiger partial charge is 0.209 e. The van der Waals surface area contributed by atoms with Gasteiger partial charge in [-0.25, -0.2) is 4.68 Å². The Morgan fingerprint density at radius 2 is 2.10 bits per heavy atom. The lowest BCUT2D eigenvalue weighted by atomic mass is 9.86. The zero-order valence-electron chi connectivity index (χ0n) is 11.8. The second-order valence-corrected chi connectivity index (χ2v) is 6.93. The molecule has 2 aliphatic carbocycles. The van der Waals surface area contributed by atoms with Crippen molar-refractivity contribution in [2.45, 2.75) is 68.3 Å². The fourth-order valence-corrected chi connectivity index (χ4v) is 3.71. The maximum atomic E-state index is 10.5. The van der Waals surface area contributed by atoms with Gasteiger partial charge in [0.1, 0.15) is 0 Å². The molecule has 1 aromatic rings. The fourth-order valence-electron chi connectivity index (χ4n) is 2.66. The van der Waals surface area contributed by atoms with Crippen molar-refractivity contribution < 1.29 is 5.11 Å². The van der Waals surface area contributed by atoms with Crippen LogP contribution >= 0.6 is 11.8 Å². The molecule has 0 aromatic carbocycles. The van der Waals surface area contributed by atoms with Gasteiger partial charge in [0.05, 0.1) is 12.1 Å². The van der Waals surface area contributed by atoms with Crippen molar-refractivity contribution in [3.63, 3.8) is 0 Å². The third-order valence-corrected chi connectivity index (χ3v) is 5.32. The van der Waals surface area contributed by atoms with Gasteiger partial charge in [-0.2, -0.15) is 0 Å². The zero-order valence-corrected chi connectivity index (χ0v) is 12.6. The van der Waals surface area contributed by atoms with Gasteiger partial charge in [0.25, 0.3) is 0 Å². The second kappa shape index (κ2) is 6.41. The molecule has 3 rings (SSSR count). The molecule has 20 heavy (non-hydrogen) atoms. The number of hydrogen-bond donors (Lipinski definition) is 2. The molecule has 0 saturated heterocycles. The lowest BCUT2D eigenvalue weighted by Gasteiger charge is -2.31. The van der Waals surface area contributed by atoms with Gasteiger partial charge < -0.3 is 10.4 Å². The van der Waals surface area contributed by atoms with Crippen molar-refractivity contribution in [1.82, 2.24) is 25.5 Å². The molecular formula is C13H23N5OS. The summed E-state index contributed by atoms with van der Waals surface area (Å²) in [5, 5.41) is 26.6. The molecule has 2 aliphatic rings. The summed E-state index contributed by atoms with van der Waals surface area (Å²) >= 11 is 1.58. The minimum absolute atomic E-state index is 0.522. The SMILES string of the molecule is OC1(CSc2nnnn2CCNC2CC2)CCCCC1. The Labute approximate surface area is 123 Å². The summed E-state index contributed by atoms with van der Waals surface area (Å²) in [5.41, 5.74) is -0.522. The molecule has 0 atom stereocenters. The maximum Gasteiger partial charge on any atom is 0.209 e. The Kier molecular flexibility index (Phi) is 4.58. The van der Waals surface area contributed by atoms with Gasteiger partial charge >= 0.3 is 0 Å². The number of aromatic nitrogens is 4. The van der Waals surface area contributed by atoms with E-state index in [0.29, 0.717) is 11.8 Å². The van der Waals surface area contributed by atoms with Crippen LogP contribution in [0.5, 0.6) is 0 Å². The Bertz CT molecular complexity index is 428. The summed E-state index contributed by atoms with van der Waals surface area (Å²) in [6.07, 6.45) is 7.92. The molecule has 2 saturated carbocycles. The minimum atomic E-state index is -0.522. The summed E-state index contributed by atoms with van der Waals surface area (Å²) in [7, 11) is 0. The Hall–Kier alpha value is -0.660. The molecule has 0 spiro atoms. The topological polar surface area (TPSA) is 75.9 Å². The van der Waals surface area contributed by atoms with E-state index in [1.807, 2.05) is 4.68 Å². The van der Waals surface area contributed by atoms with Crippen LogP contribution in [0.1, 0.15) is 44.9 Å². The van der Waals surface area contributed by atoms with E-state index in [0.717, 1.165) is 43.9 Å². The first kappa shape index (κ1) is 14.3. The van der Waals surface area contributed by atoms with E-state index in [9.17, 15) is 5.11 Å². The third kappa shape index (κ3) is 3.93. The second-order valence-electron chi connectivity index (χ2n) is 5.99. The number of nitrogens with zero attached hydrogens (tertiary/aromatic N) is 4. The molecule has 0 bridgehead atoms. The van der Waals surface area contributed by atoms with Gasteiger partial charge in [-0.1, -0.05) is 31.0 Å². The fraction of sp³-hybridized carbons (Fsp3) is 0.923. The van der Waals surface area contributed by atoms with Crippen molar-refractivity contribution in [3.8, 4) is 0 Å². The van der Waals surface area contributed by atoms with E-state index in [4.69, 9.17) is 0 Å². The number of tetrazole rings is 1. The van der Waals surface area contributed by atoms with Crippen molar-refractivity contribution in [3.05, 3.63) is 0 Å². The number of rotatable bonds is 7. The van der Waals surface area contributed by atoms with E-state index in [-0.39, 0.29) is 0 Å². The molecule has 112 valence electrons. The average Bonchev–Trinajstić information content (AvgIpc) is 3.16. The number of aliphatic hydroxyl groups is 1. The standard InChI is InChI=1S/C13H23N5OS/c19-13(6-2-1-3-7-13)10-20-12-15-16-17-18(12)9-8-14-11-4-5-11/h11,14,19H,1-10H2. The molecule has 0 unspecified atom stereocenters. The van der Waals surface area contributed by atoms with E-state index in [1.54, 1.807) is 11.8 Å². The highest BCUT2D eigenvalue weighted by molar-refractivity contribution is 7.99. The maximum absolute atomic E-state index is 10.5. The van der Waals surface area contributed by atoms with E-state index >= 15 is 0 Å². The number of nitrogens with one attached hydrogen (secondary N) is 1. The van der Waals surface area contributed by atoms with E-state index in [1.165, 1.54) is 19.3 Å². The minimum Gasteiger partial charge on any atom is -0.389 e. The van der Waals surface area contributed by atoms with Gasteiger partial charge in [0.15, 0.2) is 0 Å². The highest BCUT2D eigenvalue weighted by Crippen LogP contribution is 2.32. The number of thioether (sulfide) groups is 1. The van der Waals surface area contributed by atoms with Crippen LogP contribution in [0, 0.1) is 0 Å². The van der Waals surface area contributed by atoms with Gasteiger partial charge in [-0.05, 0) is 36.1 Å². The molecule has 6 nitrogen and oxygen atoms in total. The molecule has 2 fully saturated rings. The molecule has 7 heteroatoms.